The molecule has 1 amide bonds. The van der Waals surface area contributed by atoms with Crippen molar-refractivity contribution in [3.63, 3.8) is 0 Å². The summed E-state index contributed by atoms with van der Waals surface area (Å²) >= 11 is 6.42. The number of thiocarbonyl (C=S) groups is 1. The number of hydrogen-bond donors (Lipinski definition) is 2. The van der Waals surface area contributed by atoms with Gasteiger partial charge < -0.3 is 10.2 Å². The molecule has 1 atom stereocenters. The summed E-state index contributed by atoms with van der Waals surface area (Å²) in [6, 6.07) is 13.9. The molecule has 2 N–H and O–H groups in total. The van der Waals surface area contributed by atoms with Gasteiger partial charge in [-0.3, -0.25) is 10.1 Å². The van der Waals surface area contributed by atoms with Gasteiger partial charge in [-0.1, -0.05) is 0 Å². The number of aromatic nitrogens is 2. The number of fused-ring (bicyclic) bond motifs is 1. The first-order valence-electron chi connectivity index (χ1n) is 9.31. The van der Waals surface area contributed by atoms with Crippen molar-refractivity contribution in [3.05, 3.63) is 48.0 Å². The Morgan fingerprint density at radius 1 is 1.14 bits per heavy atom. The predicted octanol–water partition coefficient (Wildman–Crippen LogP) is 4.20. The fourth-order valence-electron chi connectivity index (χ4n) is 3.48. The Hall–Kier alpha value is -2.58. The van der Waals surface area contributed by atoms with E-state index < -0.39 is 0 Å². The zero-order valence-electron chi connectivity index (χ0n) is 15.5. The molecule has 0 spiro atoms. The van der Waals surface area contributed by atoms with E-state index in [1.807, 2.05) is 12.1 Å². The van der Waals surface area contributed by atoms with Crippen molar-refractivity contribution in [1.29, 1.82) is 0 Å². The molecule has 6 nitrogen and oxygen atoms in total. The highest BCUT2D eigenvalue weighted by Crippen LogP contribution is 2.25. The summed E-state index contributed by atoms with van der Waals surface area (Å²) in [7, 11) is 0. The number of carbonyl (C=O) groups is 1. The molecule has 0 radical (unpaired) electrons. The van der Waals surface area contributed by atoms with Gasteiger partial charge in [0.05, 0.1) is 11.7 Å². The zero-order valence-corrected chi connectivity index (χ0v) is 17.1. The van der Waals surface area contributed by atoms with Crippen LogP contribution in [0.4, 0.5) is 11.4 Å². The molecule has 28 heavy (non-hydrogen) atoms. The Balaban J connectivity index is 1.37. The molecule has 144 valence electrons. The largest absolute Gasteiger partial charge is 0.369 e. The number of amides is 1. The third-order valence-electron chi connectivity index (χ3n) is 5.00. The lowest BCUT2D eigenvalue weighted by atomic mass is 10.0. The molecule has 4 rings (SSSR count). The van der Waals surface area contributed by atoms with Crippen LogP contribution in [0.5, 0.6) is 0 Å². The lowest BCUT2D eigenvalue weighted by molar-refractivity contribution is 0.0978. The highest BCUT2D eigenvalue weighted by atomic mass is 32.1. The van der Waals surface area contributed by atoms with Crippen molar-refractivity contribution in [1.82, 2.24) is 14.1 Å². The molecule has 0 saturated carbocycles. The molecule has 8 heteroatoms. The van der Waals surface area contributed by atoms with Crippen molar-refractivity contribution in [3.8, 4) is 0 Å². The molecule has 1 aliphatic heterocycles. The number of nitrogens with one attached hydrogen (secondary N) is 2. The van der Waals surface area contributed by atoms with Gasteiger partial charge in [0.15, 0.2) is 5.11 Å². The molecule has 0 bridgehead atoms. The lowest BCUT2D eigenvalue weighted by Crippen LogP contribution is -2.37. The molecule has 1 fully saturated rings. The number of rotatable bonds is 3. The van der Waals surface area contributed by atoms with E-state index in [1.165, 1.54) is 24.9 Å². The molecular weight excluding hydrogens is 390 g/mol. The van der Waals surface area contributed by atoms with E-state index in [0.717, 1.165) is 29.5 Å². The Morgan fingerprint density at radius 3 is 2.71 bits per heavy atom. The fourth-order valence-corrected chi connectivity index (χ4v) is 4.21. The summed E-state index contributed by atoms with van der Waals surface area (Å²) in [5.74, 6) is -0.272. The SMILES string of the molecule is C[C@@H]1CCCCN1c1ccc(NC(=S)NC(=O)c2ccc3nsnc3c2)cc1. The van der Waals surface area contributed by atoms with Crippen molar-refractivity contribution < 1.29 is 4.79 Å². The third-order valence-corrected chi connectivity index (χ3v) is 5.76. The van der Waals surface area contributed by atoms with Crippen LogP contribution < -0.4 is 15.5 Å². The van der Waals surface area contributed by atoms with Crippen LogP contribution in [-0.2, 0) is 0 Å². The maximum Gasteiger partial charge on any atom is 0.257 e. The van der Waals surface area contributed by atoms with Crippen LogP contribution in [0.2, 0.25) is 0 Å². The Morgan fingerprint density at radius 2 is 1.93 bits per heavy atom. The van der Waals surface area contributed by atoms with Gasteiger partial charge in [-0.25, -0.2) is 0 Å². The Kier molecular flexibility index (Phi) is 5.50. The molecule has 1 aromatic heterocycles. The average molecular weight is 412 g/mol. The first-order valence-corrected chi connectivity index (χ1v) is 10.5. The molecular formula is C20H21N5OS2. The Bertz CT molecular complexity index is 1000. The maximum atomic E-state index is 12.4. The second-order valence-electron chi connectivity index (χ2n) is 6.96. The van der Waals surface area contributed by atoms with Crippen LogP contribution in [-0.4, -0.2) is 32.4 Å². The fraction of sp³-hybridized carbons (Fsp3) is 0.300. The predicted molar refractivity (Wildman–Crippen MR) is 118 cm³/mol. The van der Waals surface area contributed by atoms with Gasteiger partial charge in [0.1, 0.15) is 11.0 Å². The van der Waals surface area contributed by atoms with Crippen molar-refractivity contribution >= 4 is 57.4 Å². The number of anilines is 2. The van der Waals surface area contributed by atoms with Gasteiger partial charge in [-0.05, 0) is 80.9 Å². The van der Waals surface area contributed by atoms with Crippen molar-refractivity contribution in [2.45, 2.75) is 32.2 Å². The minimum atomic E-state index is -0.272. The molecule has 2 aromatic carbocycles. The van der Waals surface area contributed by atoms with E-state index in [-0.39, 0.29) is 11.0 Å². The first-order chi connectivity index (χ1) is 13.6. The highest BCUT2D eigenvalue weighted by Gasteiger charge is 2.18. The smallest absolute Gasteiger partial charge is 0.257 e. The summed E-state index contributed by atoms with van der Waals surface area (Å²) in [5, 5.41) is 6.05. The van der Waals surface area contributed by atoms with E-state index in [9.17, 15) is 4.79 Å². The van der Waals surface area contributed by atoms with Crippen LogP contribution in [0.15, 0.2) is 42.5 Å². The number of carbonyl (C=O) groups excluding carboxylic acids is 1. The van der Waals surface area contributed by atoms with E-state index in [0.29, 0.717) is 17.1 Å². The van der Waals surface area contributed by atoms with Gasteiger partial charge in [0.2, 0.25) is 0 Å². The van der Waals surface area contributed by atoms with Crippen LogP contribution in [0.25, 0.3) is 11.0 Å². The average Bonchev–Trinajstić information content (AvgIpc) is 3.17. The van der Waals surface area contributed by atoms with Crippen LogP contribution in [0.1, 0.15) is 36.5 Å². The third kappa shape index (κ3) is 4.13. The summed E-state index contributed by atoms with van der Waals surface area (Å²) in [6.07, 6.45) is 3.78. The van der Waals surface area contributed by atoms with Gasteiger partial charge in [-0.2, -0.15) is 8.75 Å². The van der Waals surface area contributed by atoms with Gasteiger partial charge in [-0.15, -0.1) is 0 Å². The van der Waals surface area contributed by atoms with E-state index in [4.69, 9.17) is 12.2 Å². The van der Waals surface area contributed by atoms with E-state index in [1.54, 1.807) is 18.2 Å². The molecule has 0 unspecified atom stereocenters. The van der Waals surface area contributed by atoms with E-state index in [2.05, 4.69) is 43.3 Å². The zero-order chi connectivity index (χ0) is 19.5. The monoisotopic (exact) mass is 411 g/mol. The summed E-state index contributed by atoms with van der Waals surface area (Å²) in [4.78, 5) is 14.9. The highest BCUT2D eigenvalue weighted by molar-refractivity contribution is 7.80. The quantitative estimate of drug-likeness (QED) is 0.630. The minimum Gasteiger partial charge on any atom is -0.369 e. The Labute approximate surface area is 173 Å². The number of piperidine rings is 1. The van der Waals surface area contributed by atoms with Crippen LogP contribution in [0, 0.1) is 0 Å². The molecule has 0 aliphatic carbocycles. The van der Waals surface area contributed by atoms with Gasteiger partial charge in [0, 0.05) is 29.5 Å². The summed E-state index contributed by atoms with van der Waals surface area (Å²) < 4.78 is 8.30. The number of hydrogen-bond acceptors (Lipinski definition) is 6. The number of benzene rings is 2. The summed E-state index contributed by atoms with van der Waals surface area (Å²) in [5.41, 5.74) is 4.05. The standard InChI is InChI=1S/C20H21N5OS2/c1-13-4-2-3-11-25(13)16-8-6-15(7-9-16)21-20(27)22-19(26)14-5-10-17-18(12-14)24-28-23-17/h5-10,12-13H,2-4,11H2,1H3,(H2,21,22,26,27)/t13-/m1/s1. The van der Waals surface area contributed by atoms with Gasteiger partial charge >= 0.3 is 0 Å². The van der Waals surface area contributed by atoms with Gasteiger partial charge in [0.25, 0.3) is 5.91 Å². The van der Waals surface area contributed by atoms with Crippen LogP contribution in [0.3, 0.4) is 0 Å². The van der Waals surface area contributed by atoms with Crippen molar-refractivity contribution in [2.75, 3.05) is 16.8 Å². The maximum absolute atomic E-state index is 12.4. The first kappa shape index (κ1) is 18.8. The normalized spacial score (nSPS) is 16.8. The second kappa shape index (κ2) is 8.20. The molecule has 1 aliphatic rings. The molecule has 3 aromatic rings. The van der Waals surface area contributed by atoms with E-state index >= 15 is 0 Å². The van der Waals surface area contributed by atoms with Crippen molar-refractivity contribution in [2.24, 2.45) is 0 Å². The second-order valence-corrected chi connectivity index (χ2v) is 7.90. The van der Waals surface area contributed by atoms with Crippen LogP contribution >= 0.6 is 23.9 Å². The summed E-state index contributed by atoms with van der Waals surface area (Å²) in [6.45, 7) is 3.37. The number of nitrogens with zero attached hydrogens (tertiary/aromatic N) is 3. The minimum absolute atomic E-state index is 0.264. The molecule has 1 saturated heterocycles. The topological polar surface area (TPSA) is 70.2 Å². The lowest BCUT2D eigenvalue weighted by Gasteiger charge is -2.35. The molecule has 2 heterocycles.